The number of alkyl halides is 2. The Hall–Kier alpha value is -6.82. The number of hydrogen-bond donors (Lipinski definition) is 2. The number of fused-ring (bicyclic) bond motifs is 9. The van der Waals surface area contributed by atoms with Gasteiger partial charge in [-0.15, -0.1) is 5.10 Å². The van der Waals surface area contributed by atoms with Crippen molar-refractivity contribution in [1.82, 2.24) is 54.0 Å². The third-order valence-electron chi connectivity index (χ3n) is 14.2. The molecule has 9 heterocycles. The number of nitrogens with two attached hydrogens (primary N) is 2. The molecule has 3 radical (unpaired) electrons. The number of anilines is 3. The van der Waals surface area contributed by atoms with Crippen molar-refractivity contribution in [3.8, 4) is 28.3 Å². The molecule has 0 aliphatic carbocycles. The van der Waals surface area contributed by atoms with E-state index in [9.17, 15) is 9.36 Å². The molecule has 433 valence electrons. The second kappa shape index (κ2) is 24.0. The summed E-state index contributed by atoms with van der Waals surface area (Å²) >= 11 is 0.720. The third-order valence-corrected chi connectivity index (χ3v) is 18.9. The molecule has 32 heteroatoms. The molecule has 0 spiro atoms. The molecule has 0 bridgehead atoms. The van der Waals surface area contributed by atoms with E-state index in [0.29, 0.717) is 56.3 Å². The summed E-state index contributed by atoms with van der Waals surface area (Å²) < 4.78 is 120. The smallest absolute Gasteiger partial charge is 0.389 e. The summed E-state index contributed by atoms with van der Waals surface area (Å²) in [6, 6.07) is 22.6. The molecular weight excluding hydrogens is 1140 g/mol. The van der Waals surface area contributed by atoms with Gasteiger partial charge in [0.25, 0.3) is 0 Å². The number of para-hydroxylation sites is 1. The lowest BCUT2D eigenvalue weighted by atomic mass is 9.95. The molecule has 3 aromatic carbocycles. The highest BCUT2D eigenvalue weighted by molar-refractivity contribution is 8.54. The maximum absolute atomic E-state index is 17.0. The Morgan fingerprint density at radius 2 is 1.35 bits per heavy atom. The molecule has 4 aliphatic rings. The Morgan fingerprint density at radius 3 is 2.02 bits per heavy atom. The number of carbonyl (C=O) groups is 1. The van der Waals surface area contributed by atoms with Crippen molar-refractivity contribution in [2.24, 2.45) is 0 Å². The van der Waals surface area contributed by atoms with Crippen LogP contribution in [0.15, 0.2) is 98.1 Å². The standard InChI is InChI=1S/C51H53BF2N14O12P2S/c1-2-37(69)65-21-30-7-3-4-8-32(30)43-40(33-9-5-6-10-34(33)65)63-64-68(43)15-16-72-17-18-73-19-20-74-31-13-11-29(12-14-31)24-83-82(71)76-23-36-44(38(53)50(78-36)66-27-61-41-46(55)57-25-59-48(41)66)79-81(52,70)75-22-35-45(80-82)39(54)51(77-35)67-28-62-42-47(56)58-26-60-49(42)67/h3-14,25-28,35-36,38-39,44-45,50-51H,2,15-24H2,1H3,(H2,55,57,59)(H2,56,58,60)/q-1/t35-,36-,38-,39-,44-,45-,50-,51-,81+,82+/m1/s1. The van der Waals surface area contributed by atoms with E-state index in [1.54, 1.807) is 24.3 Å². The minimum Gasteiger partial charge on any atom is -0.491 e. The van der Waals surface area contributed by atoms with Crippen molar-refractivity contribution in [3.63, 3.8) is 0 Å². The van der Waals surface area contributed by atoms with E-state index >= 15 is 13.3 Å². The first-order valence-corrected chi connectivity index (χ1v) is 31.0. The van der Waals surface area contributed by atoms with Crippen LogP contribution in [0.5, 0.6) is 5.75 Å². The largest absolute Gasteiger partial charge is 0.491 e. The van der Waals surface area contributed by atoms with Crippen LogP contribution in [-0.2, 0) is 69.8 Å². The fourth-order valence-corrected chi connectivity index (χ4v) is 14.6. The van der Waals surface area contributed by atoms with Crippen LogP contribution in [0.3, 0.4) is 0 Å². The van der Waals surface area contributed by atoms with Crippen molar-refractivity contribution in [1.29, 1.82) is 0 Å². The van der Waals surface area contributed by atoms with Gasteiger partial charge in [-0.2, -0.15) is 0 Å². The van der Waals surface area contributed by atoms with E-state index < -0.39 is 76.7 Å². The fraction of sp³-hybridized carbons (Fsp3) is 0.392. The highest BCUT2D eigenvalue weighted by atomic mass is 32.7. The van der Waals surface area contributed by atoms with E-state index in [1.165, 1.54) is 28.1 Å². The molecule has 5 aromatic heterocycles. The van der Waals surface area contributed by atoms with Crippen LogP contribution in [0, 0.1) is 0 Å². The topological polar surface area (TPSA) is 307 Å². The number of ether oxygens (including phenoxy) is 5. The number of halogens is 2. The van der Waals surface area contributed by atoms with Gasteiger partial charge in [0, 0.05) is 23.3 Å². The summed E-state index contributed by atoms with van der Waals surface area (Å²) in [7, 11) is 1.35. The summed E-state index contributed by atoms with van der Waals surface area (Å²) in [5, 5.41) is 9.13. The fourth-order valence-electron chi connectivity index (χ4n) is 10.2. The van der Waals surface area contributed by atoms with Crippen LogP contribution in [0.1, 0.15) is 36.9 Å². The summed E-state index contributed by atoms with van der Waals surface area (Å²) in [6.45, 7) is -1.82. The van der Waals surface area contributed by atoms with E-state index in [0.717, 1.165) is 45.8 Å². The van der Waals surface area contributed by atoms with Gasteiger partial charge in [0.1, 0.15) is 66.2 Å². The molecule has 12 rings (SSSR count). The van der Waals surface area contributed by atoms with Gasteiger partial charge >= 0.3 is 6.80 Å². The van der Waals surface area contributed by atoms with Crippen LogP contribution in [0.4, 0.5) is 26.1 Å². The number of carbonyl (C=O) groups excluding carboxylic acids is 1. The minimum absolute atomic E-state index is 0.00129. The second-order valence-corrected chi connectivity index (χ2v) is 25.0. The van der Waals surface area contributed by atoms with Gasteiger partial charge in [-0.25, -0.2) is 47.9 Å². The Balaban J connectivity index is 0.671. The Bertz CT molecular complexity index is 3760. The molecule has 4 N–H and O–H groups in total. The van der Waals surface area contributed by atoms with Gasteiger partial charge in [-0.3, -0.25) is 23.0 Å². The van der Waals surface area contributed by atoms with Gasteiger partial charge < -0.3 is 61.2 Å². The SMILES string of the molecule is [B-][P@]1(=O)OC[C@H]2O[C@@H](n3cnc4c(N)ncnc43)[C@H](F)[C@@H]2O[P@@](=O)(SCc2ccc(OCCOCCOCCn3nnc4c3-c3ccccc3CN(C(=O)CC)c3ccccc3-4)cc2)OC[C@H]2O[C@@H](n3cnc4c(N)ncnc43)[C@H](F)[C@@H]2O1. The lowest BCUT2D eigenvalue weighted by Gasteiger charge is -2.35. The molecule has 10 atom stereocenters. The number of aromatic nitrogens is 11. The normalized spacial score (nSPS) is 26.2. The molecule has 3 saturated heterocycles. The number of rotatable bonds is 16. The van der Waals surface area contributed by atoms with Gasteiger partial charge in [-0.05, 0) is 40.7 Å². The highest BCUT2D eigenvalue weighted by Gasteiger charge is 2.54. The molecule has 1 amide bonds. The van der Waals surface area contributed by atoms with Crippen molar-refractivity contribution in [2.75, 3.05) is 62.6 Å². The van der Waals surface area contributed by atoms with E-state index in [1.807, 2.05) is 65.0 Å². The van der Waals surface area contributed by atoms with Crippen LogP contribution >= 0.6 is 25.7 Å². The van der Waals surface area contributed by atoms with Crippen molar-refractivity contribution < 1.29 is 64.5 Å². The maximum Gasteiger partial charge on any atom is 0.389 e. The summed E-state index contributed by atoms with van der Waals surface area (Å²) in [4.78, 5) is 39.6. The van der Waals surface area contributed by atoms with Gasteiger partial charge in [0.2, 0.25) is 5.91 Å². The summed E-state index contributed by atoms with van der Waals surface area (Å²) in [5.41, 5.74) is 18.3. The number of benzene rings is 3. The van der Waals surface area contributed by atoms with Crippen molar-refractivity contribution in [2.45, 2.75) is 81.4 Å². The average Bonchev–Trinajstić information content (AvgIpc) is 4.36. The van der Waals surface area contributed by atoms with Gasteiger partial charge in [0.15, 0.2) is 47.7 Å². The van der Waals surface area contributed by atoms with Crippen LogP contribution in [0.2, 0.25) is 0 Å². The monoisotopic (exact) mass is 1200 g/mol. The van der Waals surface area contributed by atoms with Crippen LogP contribution in [0.25, 0.3) is 44.8 Å². The number of nitrogen functional groups attached to an aromatic ring is 2. The first-order valence-electron chi connectivity index (χ1n) is 26.3. The first-order chi connectivity index (χ1) is 40.3. The number of nitrogens with zero attached hydrogens (tertiary/aromatic N) is 12. The number of amides is 1. The molecule has 0 unspecified atom stereocenters. The molecule has 26 nitrogen and oxygen atoms in total. The zero-order valence-corrected chi connectivity index (χ0v) is 46.8. The predicted molar refractivity (Wildman–Crippen MR) is 297 cm³/mol. The summed E-state index contributed by atoms with van der Waals surface area (Å²) in [5.74, 6) is 0.588. The van der Waals surface area contributed by atoms with E-state index in [-0.39, 0.29) is 58.8 Å². The Labute approximate surface area is 477 Å². The van der Waals surface area contributed by atoms with Crippen LogP contribution in [-0.4, -0.2) is 151 Å². The minimum atomic E-state index is -4.70. The van der Waals surface area contributed by atoms with Crippen molar-refractivity contribution in [3.05, 3.63) is 109 Å². The number of imidazole rings is 2. The van der Waals surface area contributed by atoms with E-state index in [2.05, 4.69) is 40.2 Å². The molecule has 83 heavy (non-hydrogen) atoms. The predicted octanol–water partition coefficient (Wildman–Crippen LogP) is 6.73. The molecule has 4 aliphatic heterocycles. The lowest BCUT2D eigenvalue weighted by Crippen LogP contribution is -2.37. The van der Waals surface area contributed by atoms with Crippen LogP contribution < -0.4 is 21.1 Å². The Kier molecular flexibility index (Phi) is 16.4. The maximum atomic E-state index is 17.0. The molecule has 3 fully saturated rings. The van der Waals surface area contributed by atoms with Gasteiger partial charge in [-0.1, -0.05) is 66.7 Å². The van der Waals surface area contributed by atoms with E-state index in [4.69, 9.17) is 60.8 Å². The zero-order valence-electron chi connectivity index (χ0n) is 44.2. The molecule has 8 aromatic rings. The average molecular weight is 1200 g/mol. The summed E-state index contributed by atoms with van der Waals surface area (Å²) in [6.07, 6.45) is -8.48. The Morgan fingerprint density at radius 1 is 0.747 bits per heavy atom. The second-order valence-electron chi connectivity index (χ2n) is 19.4. The lowest BCUT2D eigenvalue weighted by molar-refractivity contribution is -0.118. The van der Waals surface area contributed by atoms with Crippen molar-refractivity contribution >= 4 is 78.8 Å². The molecular formula is C51H53BF2N14O12P2S-. The molecule has 0 saturated carbocycles. The van der Waals surface area contributed by atoms with Gasteiger partial charge in [0.05, 0.1) is 84.2 Å². The first kappa shape index (κ1) is 56.7. The number of hydrogen-bond acceptors (Lipinski definition) is 23. The zero-order chi connectivity index (χ0) is 57.4. The quantitative estimate of drug-likeness (QED) is 0.0575. The highest BCUT2D eigenvalue weighted by Crippen LogP contribution is 2.65. The third kappa shape index (κ3) is 11.6.